The van der Waals surface area contributed by atoms with Gasteiger partial charge in [-0.05, 0) is 44.0 Å². The normalized spacial score (nSPS) is 17.8. The van der Waals surface area contributed by atoms with E-state index in [1.807, 2.05) is 6.92 Å². The second-order valence-corrected chi connectivity index (χ2v) is 5.50. The number of carbonyl (C=O) groups excluding carboxylic acids is 1. The molecule has 1 aliphatic heterocycles. The number of hydrogen-bond acceptors (Lipinski definition) is 4. The fourth-order valence-corrected chi connectivity index (χ4v) is 2.60. The largest absolute Gasteiger partial charge is 0.491 e. The summed E-state index contributed by atoms with van der Waals surface area (Å²) in [6.45, 7) is 4.46. The molecule has 0 spiro atoms. The molecule has 1 aromatic rings. The lowest BCUT2D eigenvalue weighted by Crippen LogP contribution is -2.42. The Morgan fingerprint density at radius 3 is 2.65 bits per heavy atom. The quantitative estimate of drug-likeness (QED) is 0.778. The molecule has 0 aliphatic carbocycles. The Balaban J connectivity index is 1.90. The molecule has 1 amide bonds. The van der Waals surface area contributed by atoms with E-state index in [0.29, 0.717) is 44.1 Å². The minimum atomic E-state index is -0.833. The Hall–Kier alpha value is -2.08. The Morgan fingerprint density at radius 1 is 1.26 bits per heavy atom. The van der Waals surface area contributed by atoms with Crippen molar-refractivity contribution in [2.24, 2.45) is 5.92 Å². The molecule has 0 aromatic heterocycles. The molecule has 1 N–H and O–H groups in total. The van der Waals surface area contributed by atoms with E-state index >= 15 is 0 Å². The van der Waals surface area contributed by atoms with Crippen LogP contribution in [0.4, 0.5) is 0 Å². The molecule has 126 valence electrons. The third-order valence-electron chi connectivity index (χ3n) is 3.86. The molecule has 1 unspecified atom stereocenters. The lowest BCUT2D eigenvalue weighted by Gasteiger charge is -2.30. The van der Waals surface area contributed by atoms with Crippen molar-refractivity contribution in [3.05, 3.63) is 29.8 Å². The topological polar surface area (TPSA) is 76.1 Å². The number of hydrogen-bond donors (Lipinski definition) is 1. The van der Waals surface area contributed by atoms with Crippen LogP contribution in [0.3, 0.4) is 0 Å². The molecule has 6 nitrogen and oxygen atoms in total. The molecule has 1 fully saturated rings. The van der Waals surface area contributed by atoms with Crippen molar-refractivity contribution in [1.29, 1.82) is 0 Å². The van der Waals surface area contributed by atoms with Gasteiger partial charge in [-0.15, -0.1) is 0 Å². The van der Waals surface area contributed by atoms with Gasteiger partial charge in [-0.2, -0.15) is 0 Å². The molecule has 0 radical (unpaired) electrons. The van der Waals surface area contributed by atoms with Gasteiger partial charge in [0.05, 0.1) is 12.5 Å². The maximum absolute atomic E-state index is 12.5. The monoisotopic (exact) mass is 321 g/mol. The summed E-state index contributed by atoms with van der Waals surface area (Å²) < 4.78 is 10.7. The number of carboxylic acids is 1. The number of rotatable bonds is 7. The lowest BCUT2D eigenvalue weighted by molar-refractivity contribution is -0.143. The number of carbonyl (C=O) groups is 2. The van der Waals surface area contributed by atoms with Gasteiger partial charge in [0.1, 0.15) is 12.4 Å². The van der Waals surface area contributed by atoms with Gasteiger partial charge in [-0.1, -0.05) is 0 Å². The summed E-state index contributed by atoms with van der Waals surface area (Å²) in [4.78, 5) is 25.2. The van der Waals surface area contributed by atoms with E-state index in [2.05, 4.69) is 0 Å². The fraction of sp³-hybridized carbons (Fsp3) is 0.529. The molecule has 1 atom stereocenters. The van der Waals surface area contributed by atoms with Gasteiger partial charge >= 0.3 is 5.97 Å². The van der Waals surface area contributed by atoms with Crippen molar-refractivity contribution in [3.8, 4) is 5.75 Å². The van der Waals surface area contributed by atoms with E-state index in [0.717, 1.165) is 6.42 Å². The van der Waals surface area contributed by atoms with E-state index in [1.54, 1.807) is 29.2 Å². The predicted molar refractivity (Wildman–Crippen MR) is 84.7 cm³/mol. The van der Waals surface area contributed by atoms with Crippen LogP contribution in [0.25, 0.3) is 0 Å². The molecule has 23 heavy (non-hydrogen) atoms. The number of aliphatic carboxylic acids is 1. The van der Waals surface area contributed by atoms with Gasteiger partial charge in [0.15, 0.2) is 0 Å². The van der Waals surface area contributed by atoms with Crippen LogP contribution in [0.15, 0.2) is 24.3 Å². The summed E-state index contributed by atoms with van der Waals surface area (Å²) in [7, 11) is 0. The number of piperidine rings is 1. The highest BCUT2D eigenvalue weighted by Gasteiger charge is 2.28. The summed E-state index contributed by atoms with van der Waals surface area (Å²) in [5.41, 5.74) is 0.549. The first-order valence-corrected chi connectivity index (χ1v) is 7.94. The van der Waals surface area contributed by atoms with Gasteiger partial charge < -0.3 is 19.5 Å². The van der Waals surface area contributed by atoms with Crippen molar-refractivity contribution in [2.45, 2.75) is 19.8 Å². The highest BCUT2D eigenvalue weighted by atomic mass is 16.5. The zero-order valence-corrected chi connectivity index (χ0v) is 13.4. The third kappa shape index (κ3) is 4.96. The van der Waals surface area contributed by atoms with Crippen molar-refractivity contribution in [1.82, 2.24) is 4.90 Å². The Kier molecular flexibility index (Phi) is 6.40. The van der Waals surface area contributed by atoms with Crippen molar-refractivity contribution < 1.29 is 24.2 Å². The molecular weight excluding hydrogens is 298 g/mol. The van der Waals surface area contributed by atoms with E-state index in [-0.39, 0.29) is 12.5 Å². The molecule has 0 bridgehead atoms. The zero-order valence-electron chi connectivity index (χ0n) is 13.4. The Labute approximate surface area is 136 Å². The summed E-state index contributed by atoms with van der Waals surface area (Å²) in [6.07, 6.45) is 1.35. The molecular formula is C17H23NO5. The number of nitrogens with zero attached hydrogens (tertiary/aromatic N) is 1. The van der Waals surface area contributed by atoms with E-state index in [4.69, 9.17) is 14.6 Å². The number of amides is 1. The van der Waals surface area contributed by atoms with Gasteiger partial charge in [0.2, 0.25) is 0 Å². The number of carboxylic acid groups (broad SMARTS) is 1. The zero-order chi connectivity index (χ0) is 16.7. The minimum Gasteiger partial charge on any atom is -0.491 e. The Morgan fingerprint density at radius 2 is 2.00 bits per heavy atom. The molecule has 1 saturated heterocycles. The molecule has 1 aliphatic rings. The summed E-state index contributed by atoms with van der Waals surface area (Å²) in [5.74, 6) is -0.741. The van der Waals surface area contributed by atoms with Crippen molar-refractivity contribution >= 4 is 11.9 Å². The van der Waals surface area contributed by atoms with E-state index in [9.17, 15) is 9.59 Å². The Bertz CT molecular complexity index is 528. The number of benzene rings is 1. The first kappa shape index (κ1) is 17.3. The van der Waals surface area contributed by atoms with Crippen LogP contribution in [0.2, 0.25) is 0 Å². The minimum absolute atomic E-state index is 0.128. The van der Waals surface area contributed by atoms with Crippen LogP contribution >= 0.6 is 0 Å². The van der Waals surface area contributed by atoms with Gasteiger partial charge in [0, 0.05) is 25.3 Å². The standard InChI is InChI=1S/C17H23NO5/c1-2-22-10-11-23-15-7-5-13(6-8-15)16(19)18-9-3-4-14(12-18)17(20)21/h5-8,14H,2-4,9-12H2,1H3,(H,20,21). The van der Waals surface area contributed by atoms with Gasteiger partial charge in [-0.3, -0.25) is 9.59 Å². The second kappa shape index (κ2) is 8.53. The second-order valence-electron chi connectivity index (χ2n) is 5.50. The summed E-state index contributed by atoms with van der Waals surface area (Å²) >= 11 is 0. The lowest BCUT2D eigenvalue weighted by atomic mass is 9.97. The van der Waals surface area contributed by atoms with Crippen molar-refractivity contribution in [2.75, 3.05) is 32.9 Å². The van der Waals surface area contributed by atoms with Crippen LogP contribution in [-0.2, 0) is 9.53 Å². The SMILES string of the molecule is CCOCCOc1ccc(C(=O)N2CCCC(C(=O)O)C2)cc1. The highest BCUT2D eigenvalue weighted by Crippen LogP contribution is 2.20. The molecule has 1 heterocycles. The summed E-state index contributed by atoms with van der Waals surface area (Å²) in [6, 6.07) is 6.92. The van der Waals surface area contributed by atoms with Crippen LogP contribution in [0.1, 0.15) is 30.1 Å². The highest BCUT2D eigenvalue weighted by molar-refractivity contribution is 5.94. The van der Waals surface area contributed by atoms with Crippen LogP contribution < -0.4 is 4.74 Å². The summed E-state index contributed by atoms with van der Waals surface area (Å²) in [5, 5.41) is 9.10. The predicted octanol–water partition coefficient (Wildman–Crippen LogP) is 2.04. The number of likely N-dealkylation sites (tertiary alicyclic amines) is 1. The first-order valence-electron chi connectivity index (χ1n) is 7.94. The maximum atomic E-state index is 12.5. The van der Waals surface area contributed by atoms with Crippen LogP contribution in [0, 0.1) is 5.92 Å². The van der Waals surface area contributed by atoms with Crippen LogP contribution in [0.5, 0.6) is 5.75 Å². The molecule has 6 heteroatoms. The van der Waals surface area contributed by atoms with E-state index in [1.165, 1.54) is 0 Å². The first-order chi connectivity index (χ1) is 11.1. The van der Waals surface area contributed by atoms with Crippen LogP contribution in [-0.4, -0.2) is 54.8 Å². The molecule has 1 aromatic carbocycles. The average Bonchev–Trinajstić information content (AvgIpc) is 2.59. The van der Waals surface area contributed by atoms with Crippen molar-refractivity contribution in [3.63, 3.8) is 0 Å². The van der Waals surface area contributed by atoms with Gasteiger partial charge in [0.25, 0.3) is 5.91 Å². The van der Waals surface area contributed by atoms with E-state index < -0.39 is 11.9 Å². The maximum Gasteiger partial charge on any atom is 0.308 e. The fourth-order valence-electron chi connectivity index (χ4n) is 2.60. The smallest absolute Gasteiger partial charge is 0.308 e. The molecule has 2 rings (SSSR count). The van der Waals surface area contributed by atoms with Gasteiger partial charge in [-0.25, -0.2) is 0 Å². The average molecular weight is 321 g/mol. The number of ether oxygens (including phenoxy) is 2. The third-order valence-corrected chi connectivity index (χ3v) is 3.86. The molecule has 0 saturated carbocycles.